The molecule has 0 radical (unpaired) electrons. The van der Waals surface area contributed by atoms with Crippen molar-refractivity contribution in [3.63, 3.8) is 0 Å². The zero-order valence-electron chi connectivity index (χ0n) is 17.8. The predicted octanol–water partition coefficient (Wildman–Crippen LogP) is 3.41. The molecule has 0 unspecified atom stereocenters. The number of rotatable bonds is 12. The number of hydrogen-bond acceptors (Lipinski definition) is 5. The first-order valence-corrected chi connectivity index (χ1v) is 10.4. The molecule has 1 saturated heterocycles. The van der Waals surface area contributed by atoms with Crippen LogP contribution in [-0.2, 0) is 16.0 Å². The highest BCUT2D eigenvalue weighted by molar-refractivity contribution is 5.85. The number of halogens is 5. The molecule has 2 aliphatic rings. The molecule has 2 N–H and O–H groups in total. The number of nitrogens with one attached hydrogen (secondary N) is 1. The molecule has 1 heterocycles. The van der Waals surface area contributed by atoms with Gasteiger partial charge >= 0.3 is 12.1 Å². The molecule has 1 saturated carbocycles. The number of hydrogen-bond donors (Lipinski definition) is 2. The maximum Gasteiger partial charge on any atom is 0.390 e. The largest absolute Gasteiger partial charge is 0.492 e. The van der Waals surface area contributed by atoms with E-state index in [2.05, 4.69) is 5.32 Å². The molecule has 0 spiro atoms. The van der Waals surface area contributed by atoms with Crippen LogP contribution in [0.4, 0.5) is 13.2 Å². The first kappa shape index (κ1) is 28.8. The number of aliphatic carboxylic acids is 1. The number of carboxylic acid groups (broad SMARTS) is 1. The molecular formula is C21H31Cl2F3N2O4. The minimum atomic E-state index is -4.08. The van der Waals surface area contributed by atoms with Crippen LogP contribution in [0.5, 0.6) is 5.75 Å². The molecule has 0 amide bonds. The lowest BCUT2D eigenvalue weighted by molar-refractivity contribution is -0.150. The minimum absolute atomic E-state index is 0. The summed E-state index contributed by atoms with van der Waals surface area (Å²) >= 11 is 0. The van der Waals surface area contributed by atoms with E-state index in [1.54, 1.807) is 6.92 Å². The van der Waals surface area contributed by atoms with Crippen LogP contribution in [0.2, 0.25) is 0 Å². The number of nitrogens with zero attached hydrogens (tertiary/aromatic N) is 1. The highest BCUT2D eigenvalue weighted by Crippen LogP contribution is 2.45. The Labute approximate surface area is 198 Å². The van der Waals surface area contributed by atoms with E-state index in [0.717, 1.165) is 18.7 Å². The summed E-state index contributed by atoms with van der Waals surface area (Å²) in [4.78, 5) is 13.1. The van der Waals surface area contributed by atoms with Crippen LogP contribution in [0.1, 0.15) is 18.9 Å². The second kappa shape index (κ2) is 12.8. The lowest BCUT2D eigenvalue weighted by Crippen LogP contribution is -2.34. The first-order valence-electron chi connectivity index (χ1n) is 10.4. The van der Waals surface area contributed by atoms with Gasteiger partial charge in [-0.05, 0) is 36.5 Å². The van der Waals surface area contributed by atoms with E-state index < -0.39 is 24.7 Å². The summed E-state index contributed by atoms with van der Waals surface area (Å²) in [6.45, 7) is 4.84. The van der Waals surface area contributed by atoms with Crippen molar-refractivity contribution in [2.75, 3.05) is 39.4 Å². The van der Waals surface area contributed by atoms with Gasteiger partial charge in [-0.25, -0.2) is 4.79 Å². The third-order valence-corrected chi connectivity index (χ3v) is 5.72. The van der Waals surface area contributed by atoms with Gasteiger partial charge in [-0.2, -0.15) is 13.2 Å². The molecule has 4 atom stereocenters. The Hall–Kier alpha value is -1.26. The summed E-state index contributed by atoms with van der Waals surface area (Å²) in [5.41, 5.74) is 0.863. The number of fused-ring (bicyclic) bond motifs is 1. The van der Waals surface area contributed by atoms with Gasteiger partial charge in [0.05, 0.1) is 6.42 Å². The van der Waals surface area contributed by atoms with Gasteiger partial charge in [0.25, 0.3) is 0 Å². The summed E-state index contributed by atoms with van der Waals surface area (Å²) in [6.07, 6.45) is -5.37. The SMILES string of the molecule is CCO[C@@H](Cc1ccc(OCCN[C@H]2[C@@H]3CN(CCC(F)(F)F)C[C@@H]32)cc1)C(=O)O.Cl.Cl. The zero-order chi connectivity index (χ0) is 21.7. The molecule has 1 aliphatic heterocycles. The summed E-state index contributed by atoms with van der Waals surface area (Å²) in [7, 11) is 0. The summed E-state index contributed by atoms with van der Waals surface area (Å²) in [6, 6.07) is 7.66. The molecule has 184 valence electrons. The van der Waals surface area contributed by atoms with Crippen molar-refractivity contribution in [2.45, 2.75) is 38.1 Å². The Morgan fingerprint density at radius 3 is 2.38 bits per heavy atom. The molecule has 2 fully saturated rings. The smallest absolute Gasteiger partial charge is 0.390 e. The predicted molar refractivity (Wildman–Crippen MR) is 119 cm³/mol. The highest BCUT2D eigenvalue weighted by atomic mass is 35.5. The second-order valence-electron chi connectivity index (χ2n) is 7.91. The lowest BCUT2D eigenvalue weighted by Gasteiger charge is -2.20. The summed E-state index contributed by atoms with van der Waals surface area (Å²) < 4.78 is 47.8. The fourth-order valence-corrected chi connectivity index (χ4v) is 4.13. The monoisotopic (exact) mass is 502 g/mol. The lowest BCUT2D eigenvalue weighted by atomic mass is 10.1. The Bertz CT molecular complexity index is 697. The Balaban J connectivity index is 0.00000256. The molecule has 1 aliphatic carbocycles. The number of benzene rings is 1. The van der Waals surface area contributed by atoms with Crippen molar-refractivity contribution in [3.05, 3.63) is 29.8 Å². The third kappa shape index (κ3) is 8.59. The maximum atomic E-state index is 12.3. The fourth-order valence-electron chi connectivity index (χ4n) is 4.13. The number of piperidine rings is 1. The van der Waals surface area contributed by atoms with Crippen LogP contribution in [0.3, 0.4) is 0 Å². The molecule has 6 nitrogen and oxygen atoms in total. The molecule has 32 heavy (non-hydrogen) atoms. The number of carboxylic acids is 1. The van der Waals surface area contributed by atoms with E-state index in [0.29, 0.717) is 49.8 Å². The van der Waals surface area contributed by atoms with Crippen LogP contribution < -0.4 is 10.1 Å². The maximum absolute atomic E-state index is 12.3. The van der Waals surface area contributed by atoms with Gasteiger partial charge in [0.2, 0.25) is 0 Å². The van der Waals surface area contributed by atoms with E-state index in [1.807, 2.05) is 29.2 Å². The first-order chi connectivity index (χ1) is 14.3. The van der Waals surface area contributed by atoms with E-state index in [9.17, 15) is 18.0 Å². The zero-order valence-corrected chi connectivity index (χ0v) is 19.5. The second-order valence-corrected chi connectivity index (χ2v) is 7.91. The highest BCUT2D eigenvalue weighted by Gasteiger charge is 2.55. The standard InChI is InChI=1S/C21H29F3N2O4.2ClH/c1-2-29-18(20(27)28)11-14-3-5-15(6-4-14)30-10-8-25-19-16-12-26(13-17(16)19)9-7-21(22,23)24;;/h3-6,16-19,25H,2,7-13H2,1H3,(H,27,28);2*1H/t16-,17+,18-,19+;;/m0../s1. The van der Waals surface area contributed by atoms with Gasteiger partial charge in [-0.3, -0.25) is 0 Å². The van der Waals surface area contributed by atoms with E-state index in [1.165, 1.54) is 0 Å². The fraction of sp³-hybridized carbons (Fsp3) is 0.667. The molecule has 0 aromatic heterocycles. The number of likely N-dealkylation sites (tertiary alicyclic amines) is 1. The van der Waals surface area contributed by atoms with E-state index in [4.69, 9.17) is 14.6 Å². The van der Waals surface area contributed by atoms with Gasteiger partial charge < -0.3 is 24.8 Å². The number of ether oxygens (including phenoxy) is 2. The van der Waals surface area contributed by atoms with E-state index >= 15 is 0 Å². The van der Waals surface area contributed by atoms with Crippen molar-refractivity contribution < 1.29 is 32.5 Å². The average Bonchev–Trinajstić information content (AvgIpc) is 3.13. The van der Waals surface area contributed by atoms with Crippen molar-refractivity contribution in [3.8, 4) is 5.75 Å². The van der Waals surface area contributed by atoms with Crippen molar-refractivity contribution in [1.29, 1.82) is 0 Å². The van der Waals surface area contributed by atoms with Gasteiger partial charge in [0, 0.05) is 45.2 Å². The van der Waals surface area contributed by atoms with Crippen molar-refractivity contribution >= 4 is 30.8 Å². The topological polar surface area (TPSA) is 71.0 Å². The van der Waals surface area contributed by atoms with Crippen LogP contribution >= 0.6 is 24.8 Å². The summed E-state index contributed by atoms with van der Waals surface area (Å²) in [5.74, 6) is 0.629. The molecule has 3 rings (SSSR count). The van der Waals surface area contributed by atoms with Crippen LogP contribution in [0, 0.1) is 11.8 Å². The van der Waals surface area contributed by atoms with Gasteiger partial charge in [0.15, 0.2) is 6.10 Å². The van der Waals surface area contributed by atoms with Gasteiger partial charge in [-0.15, -0.1) is 24.8 Å². The van der Waals surface area contributed by atoms with Gasteiger partial charge in [-0.1, -0.05) is 12.1 Å². The molecule has 0 bridgehead atoms. The van der Waals surface area contributed by atoms with Gasteiger partial charge in [0.1, 0.15) is 12.4 Å². The Kier molecular flexibility index (Phi) is 11.5. The van der Waals surface area contributed by atoms with Crippen molar-refractivity contribution in [2.24, 2.45) is 11.8 Å². The molecule has 1 aromatic carbocycles. The minimum Gasteiger partial charge on any atom is -0.492 e. The van der Waals surface area contributed by atoms with Crippen LogP contribution in [0.25, 0.3) is 0 Å². The Morgan fingerprint density at radius 2 is 1.84 bits per heavy atom. The quantitative estimate of drug-likeness (QED) is 0.426. The normalized spacial score (nSPS) is 22.9. The molecular weight excluding hydrogens is 472 g/mol. The Morgan fingerprint density at radius 1 is 1.22 bits per heavy atom. The van der Waals surface area contributed by atoms with Crippen LogP contribution in [-0.4, -0.2) is 73.7 Å². The summed E-state index contributed by atoms with van der Waals surface area (Å²) in [5, 5.41) is 12.6. The number of alkyl halides is 3. The molecule has 1 aromatic rings. The van der Waals surface area contributed by atoms with E-state index in [-0.39, 0.29) is 31.4 Å². The molecule has 11 heteroatoms. The average molecular weight is 503 g/mol. The van der Waals surface area contributed by atoms with Crippen molar-refractivity contribution in [1.82, 2.24) is 10.2 Å². The van der Waals surface area contributed by atoms with Crippen LogP contribution in [0.15, 0.2) is 24.3 Å². The third-order valence-electron chi connectivity index (χ3n) is 5.72. The number of carbonyl (C=O) groups is 1.